The average Bonchev–Trinajstić information content (AvgIpc) is 3.25. The van der Waals surface area contributed by atoms with Crippen LogP contribution in [0.15, 0.2) is 24.3 Å². The van der Waals surface area contributed by atoms with E-state index in [-0.39, 0.29) is 11.7 Å². The van der Waals surface area contributed by atoms with Gasteiger partial charge in [-0.15, -0.1) is 11.3 Å². The van der Waals surface area contributed by atoms with E-state index in [1.54, 1.807) is 11.3 Å². The maximum absolute atomic E-state index is 13.1. The number of rotatable bonds is 5. The molecule has 1 aliphatic carbocycles. The number of anilines is 1. The van der Waals surface area contributed by atoms with Crippen molar-refractivity contribution in [2.45, 2.75) is 32.7 Å². The second kappa shape index (κ2) is 8.09. The van der Waals surface area contributed by atoms with E-state index in [4.69, 9.17) is 0 Å². The fourth-order valence-corrected chi connectivity index (χ4v) is 5.30. The zero-order valence-electron chi connectivity index (χ0n) is 15.8. The predicted molar refractivity (Wildman–Crippen MR) is 108 cm³/mol. The Morgan fingerprint density at radius 3 is 2.52 bits per heavy atom. The highest BCUT2D eigenvalue weighted by molar-refractivity contribution is 7.16. The highest BCUT2D eigenvalue weighted by Crippen LogP contribution is 2.40. The third kappa shape index (κ3) is 4.08. The van der Waals surface area contributed by atoms with E-state index in [1.807, 2.05) is 0 Å². The normalized spacial score (nSPS) is 17.9. The second-order valence-corrected chi connectivity index (χ2v) is 8.44. The largest absolute Gasteiger partial charge is 0.313 e. The molecule has 1 amide bonds. The number of thiophene rings is 1. The number of carbonyl (C=O) groups is 1. The summed E-state index contributed by atoms with van der Waals surface area (Å²) in [5, 5.41) is 4.08. The summed E-state index contributed by atoms with van der Waals surface area (Å²) in [5.74, 6) is -0.486. The molecule has 0 radical (unpaired) electrons. The molecular weight excluding hydrogens is 361 g/mol. The van der Waals surface area contributed by atoms with Crippen LogP contribution in [-0.2, 0) is 19.4 Å². The summed E-state index contributed by atoms with van der Waals surface area (Å²) in [6, 6.07) is 5.74. The van der Waals surface area contributed by atoms with E-state index in [0.29, 0.717) is 5.56 Å². The molecule has 27 heavy (non-hydrogen) atoms. The van der Waals surface area contributed by atoms with Crippen molar-refractivity contribution >= 4 is 22.2 Å². The van der Waals surface area contributed by atoms with Crippen LogP contribution in [0.1, 0.15) is 39.7 Å². The molecule has 1 saturated heterocycles. The van der Waals surface area contributed by atoms with Crippen LogP contribution in [0.25, 0.3) is 0 Å². The van der Waals surface area contributed by atoms with Crippen molar-refractivity contribution in [2.24, 2.45) is 0 Å². The fourth-order valence-electron chi connectivity index (χ4n) is 4.00. The van der Waals surface area contributed by atoms with Gasteiger partial charge in [0.2, 0.25) is 0 Å². The van der Waals surface area contributed by atoms with Crippen LogP contribution in [0.3, 0.4) is 0 Å². The SMILES string of the molecule is CCN1CCN(Cc2c(NC(=O)c3ccc(F)cc3)sc3c2CCC3)CC1. The van der Waals surface area contributed by atoms with Crippen molar-refractivity contribution in [3.8, 4) is 0 Å². The van der Waals surface area contributed by atoms with Crippen molar-refractivity contribution in [1.29, 1.82) is 0 Å². The van der Waals surface area contributed by atoms with Gasteiger partial charge in [0.15, 0.2) is 0 Å². The number of aryl methyl sites for hydroxylation is 1. The van der Waals surface area contributed by atoms with Crippen molar-refractivity contribution < 1.29 is 9.18 Å². The molecule has 1 N–H and O–H groups in total. The summed E-state index contributed by atoms with van der Waals surface area (Å²) in [6.45, 7) is 8.60. The van der Waals surface area contributed by atoms with Gasteiger partial charge in [0.1, 0.15) is 10.8 Å². The van der Waals surface area contributed by atoms with Crippen LogP contribution in [0.4, 0.5) is 9.39 Å². The summed E-state index contributed by atoms with van der Waals surface area (Å²) in [7, 11) is 0. The maximum atomic E-state index is 13.1. The first-order chi connectivity index (χ1) is 13.1. The van der Waals surface area contributed by atoms with Gasteiger partial charge in [-0.25, -0.2) is 4.39 Å². The van der Waals surface area contributed by atoms with Crippen molar-refractivity contribution in [3.63, 3.8) is 0 Å². The van der Waals surface area contributed by atoms with E-state index >= 15 is 0 Å². The molecule has 6 heteroatoms. The molecular formula is C21H26FN3OS. The van der Waals surface area contributed by atoms with Gasteiger partial charge in [-0.1, -0.05) is 6.92 Å². The number of nitrogens with zero attached hydrogens (tertiary/aromatic N) is 2. The molecule has 4 nitrogen and oxygen atoms in total. The molecule has 1 fully saturated rings. The van der Waals surface area contributed by atoms with Crippen molar-refractivity contribution in [1.82, 2.24) is 9.80 Å². The summed E-state index contributed by atoms with van der Waals surface area (Å²) >= 11 is 1.73. The Balaban J connectivity index is 1.51. The molecule has 2 aromatic rings. The molecule has 2 heterocycles. The minimum absolute atomic E-state index is 0.160. The predicted octanol–water partition coefficient (Wildman–Crippen LogP) is 3.77. The maximum Gasteiger partial charge on any atom is 0.256 e. The number of hydrogen-bond donors (Lipinski definition) is 1. The van der Waals surface area contributed by atoms with E-state index in [9.17, 15) is 9.18 Å². The van der Waals surface area contributed by atoms with E-state index in [1.165, 1.54) is 46.7 Å². The van der Waals surface area contributed by atoms with Gasteiger partial charge in [0.05, 0.1) is 0 Å². The number of benzene rings is 1. The Hall–Kier alpha value is -1.76. The Kier molecular flexibility index (Phi) is 5.57. The number of piperazine rings is 1. The fraction of sp³-hybridized carbons (Fsp3) is 0.476. The molecule has 0 bridgehead atoms. The molecule has 0 spiro atoms. The molecule has 144 valence electrons. The van der Waals surface area contributed by atoms with Gasteiger partial charge in [-0.05, 0) is 55.6 Å². The number of nitrogens with one attached hydrogen (secondary N) is 1. The molecule has 0 saturated carbocycles. The Bertz CT molecular complexity index is 810. The number of halogens is 1. The molecule has 1 aromatic carbocycles. The number of fused-ring (bicyclic) bond motifs is 1. The average molecular weight is 388 g/mol. The quantitative estimate of drug-likeness (QED) is 0.848. The molecule has 2 aliphatic rings. The molecule has 0 unspecified atom stereocenters. The van der Waals surface area contributed by atoms with Crippen LogP contribution >= 0.6 is 11.3 Å². The minimum Gasteiger partial charge on any atom is -0.313 e. The molecule has 0 atom stereocenters. The third-order valence-electron chi connectivity index (χ3n) is 5.66. The van der Waals surface area contributed by atoms with Gasteiger partial charge in [0.25, 0.3) is 5.91 Å². The van der Waals surface area contributed by atoms with Crippen molar-refractivity contribution in [2.75, 3.05) is 38.0 Å². The van der Waals surface area contributed by atoms with Gasteiger partial charge in [0, 0.05) is 48.7 Å². The van der Waals surface area contributed by atoms with Gasteiger partial charge in [-0.2, -0.15) is 0 Å². The summed E-state index contributed by atoms with van der Waals surface area (Å²) in [5.41, 5.74) is 3.24. The zero-order valence-corrected chi connectivity index (χ0v) is 16.6. The van der Waals surface area contributed by atoms with Crippen LogP contribution in [-0.4, -0.2) is 48.4 Å². The van der Waals surface area contributed by atoms with Crippen molar-refractivity contribution in [3.05, 3.63) is 51.7 Å². The Morgan fingerprint density at radius 1 is 1.11 bits per heavy atom. The summed E-state index contributed by atoms with van der Waals surface area (Å²) in [6.07, 6.45) is 3.44. The second-order valence-electron chi connectivity index (χ2n) is 7.34. The summed E-state index contributed by atoms with van der Waals surface area (Å²) in [4.78, 5) is 19.0. The van der Waals surface area contributed by atoms with Crippen LogP contribution < -0.4 is 5.32 Å². The lowest BCUT2D eigenvalue weighted by Gasteiger charge is -2.34. The lowest BCUT2D eigenvalue weighted by atomic mass is 10.1. The number of hydrogen-bond acceptors (Lipinski definition) is 4. The molecule has 4 rings (SSSR count). The monoisotopic (exact) mass is 387 g/mol. The molecule has 1 aromatic heterocycles. The molecule has 1 aliphatic heterocycles. The van der Waals surface area contributed by atoms with E-state index in [2.05, 4.69) is 22.0 Å². The van der Waals surface area contributed by atoms with E-state index < -0.39 is 0 Å². The topological polar surface area (TPSA) is 35.6 Å². The first kappa shape index (κ1) is 18.6. The Labute approximate surface area is 164 Å². The van der Waals surface area contributed by atoms with Crippen LogP contribution in [0.2, 0.25) is 0 Å². The Morgan fingerprint density at radius 2 is 1.81 bits per heavy atom. The zero-order chi connectivity index (χ0) is 18.8. The lowest BCUT2D eigenvalue weighted by Crippen LogP contribution is -2.45. The van der Waals surface area contributed by atoms with E-state index in [0.717, 1.165) is 57.1 Å². The lowest BCUT2D eigenvalue weighted by molar-refractivity contribution is 0.102. The standard InChI is InChI=1S/C21H26FN3OS/c1-2-24-10-12-25(13-11-24)14-18-17-4-3-5-19(17)27-21(18)23-20(26)15-6-8-16(22)9-7-15/h6-9H,2-5,10-14H2,1H3,(H,23,26). The highest BCUT2D eigenvalue weighted by Gasteiger charge is 2.26. The highest BCUT2D eigenvalue weighted by atomic mass is 32.1. The number of carbonyl (C=O) groups excluding carboxylic acids is 1. The van der Waals surface area contributed by atoms with Gasteiger partial charge < -0.3 is 10.2 Å². The summed E-state index contributed by atoms with van der Waals surface area (Å²) < 4.78 is 13.1. The first-order valence-electron chi connectivity index (χ1n) is 9.79. The van der Waals surface area contributed by atoms with Gasteiger partial charge >= 0.3 is 0 Å². The first-order valence-corrected chi connectivity index (χ1v) is 10.6. The van der Waals surface area contributed by atoms with Crippen LogP contribution in [0.5, 0.6) is 0 Å². The number of amides is 1. The minimum atomic E-state index is -0.325. The third-order valence-corrected chi connectivity index (χ3v) is 6.91. The number of likely N-dealkylation sites (N-methyl/N-ethyl adjacent to an activating group) is 1. The van der Waals surface area contributed by atoms with Crippen LogP contribution in [0, 0.1) is 5.82 Å². The smallest absolute Gasteiger partial charge is 0.256 e. The van der Waals surface area contributed by atoms with Gasteiger partial charge in [-0.3, -0.25) is 9.69 Å².